The van der Waals surface area contributed by atoms with Gasteiger partial charge in [0, 0.05) is 29.9 Å². The molecule has 0 spiro atoms. The number of thiazole rings is 1. The van der Waals surface area contributed by atoms with Gasteiger partial charge in [0.25, 0.3) is 0 Å². The molecule has 0 unspecified atom stereocenters. The second kappa shape index (κ2) is 11.0. The molecule has 2 atom stereocenters. The van der Waals surface area contributed by atoms with E-state index in [4.69, 9.17) is 4.74 Å². The fourth-order valence-electron chi connectivity index (χ4n) is 6.05. The van der Waals surface area contributed by atoms with Gasteiger partial charge in [-0.2, -0.15) is 13.2 Å². The largest absolute Gasteiger partial charge is 0.406 e. The third-order valence-electron chi connectivity index (χ3n) is 8.49. The van der Waals surface area contributed by atoms with E-state index in [-0.39, 0.29) is 43.4 Å². The van der Waals surface area contributed by atoms with Crippen LogP contribution in [0.15, 0.2) is 30.6 Å². The molecule has 1 aromatic carbocycles. The Hall–Kier alpha value is -2.67. The topological polar surface area (TPSA) is 109 Å². The number of hydrogen-bond acceptors (Lipinski definition) is 8. The number of fused-ring (bicyclic) bond motifs is 1. The first-order valence-corrected chi connectivity index (χ1v) is 14.7. The molecule has 6 rings (SSSR count). The molecule has 0 bridgehead atoms. The Morgan fingerprint density at radius 2 is 1.85 bits per heavy atom. The van der Waals surface area contributed by atoms with E-state index in [2.05, 4.69) is 25.6 Å². The Morgan fingerprint density at radius 3 is 2.52 bits per heavy atom. The Kier molecular flexibility index (Phi) is 7.53. The van der Waals surface area contributed by atoms with Gasteiger partial charge in [0.15, 0.2) is 11.0 Å². The van der Waals surface area contributed by atoms with Gasteiger partial charge < -0.3 is 20.5 Å². The standard InChI is InChI=1S/C28H32F3N5O3S/c29-28(30,31)27(8-1-2-9-27)36-19-10-17(11-19)25(38)35-26-34-20-7-6-16(12-23(20)40-26)18-13-32-24(33-14-18)15-39-22-5-3-4-21(22)37/h6-7,12-14,17,19,21-22,36-37H,1-5,8-11,15H2,(H,34,35,38)/t17?,19?,21-,22-/m0/s1. The maximum absolute atomic E-state index is 13.7. The molecule has 0 saturated heterocycles. The zero-order valence-corrected chi connectivity index (χ0v) is 22.7. The number of rotatable bonds is 8. The molecule has 3 aliphatic rings. The number of hydrogen-bond donors (Lipinski definition) is 3. The summed E-state index contributed by atoms with van der Waals surface area (Å²) in [5.74, 6) is 0.0152. The summed E-state index contributed by atoms with van der Waals surface area (Å²) in [6, 6.07) is 5.45. The molecule has 8 nitrogen and oxygen atoms in total. The highest BCUT2D eigenvalue weighted by molar-refractivity contribution is 7.22. The number of aliphatic hydroxyl groups excluding tert-OH is 1. The molecule has 1 amide bonds. The summed E-state index contributed by atoms with van der Waals surface area (Å²) in [5, 5.41) is 16.1. The number of carbonyl (C=O) groups excluding carboxylic acids is 1. The summed E-state index contributed by atoms with van der Waals surface area (Å²) in [7, 11) is 0. The number of amides is 1. The van der Waals surface area contributed by atoms with Crippen LogP contribution in [0, 0.1) is 5.92 Å². The van der Waals surface area contributed by atoms with Gasteiger partial charge >= 0.3 is 6.18 Å². The summed E-state index contributed by atoms with van der Waals surface area (Å²) in [4.78, 5) is 26.1. The fraction of sp³-hybridized carbons (Fsp3) is 0.571. The average molecular weight is 576 g/mol. The average Bonchev–Trinajstić information content (AvgIpc) is 3.64. The number of aromatic nitrogens is 3. The van der Waals surface area contributed by atoms with Crippen LogP contribution in [0.1, 0.15) is 63.6 Å². The number of anilines is 1. The van der Waals surface area contributed by atoms with Crippen LogP contribution in [0.2, 0.25) is 0 Å². The highest BCUT2D eigenvalue weighted by Crippen LogP contribution is 2.45. The van der Waals surface area contributed by atoms with E-state index in [9.17, 15) is 23.1 Å². The van der Waals surface area contributed by atoms with Crippen molar-refractivity contribution < 1.29 is 27.8 Å². The van der Waals surface area contributed by atoms with Gasteiger partial charge in [-0.25, -0.2) is 15.0 Å². The van der Waals surface area contributed by atoms with Crippen molar-refractivity contribution in [2.75, 3.05) is 5.32 Å². The quantitative estimate of drug-likeness (QED) is 0.332. The highest BCUT2D eigenvalue weighted by Gasteiger charge is 2.57. The lowest BCUT2D eigenvalue weighted by atomic mass is 9.77. The number of alkyl halides is 3. The van der Waals surface area contributed by atoms with Crippen LogP contribution in [-0.4, -0.2) is 55.9 Å². The van der Waals surface area contributed by atoms with E-state index in [1.807, 2.05) is 18.2 Å². The Balaban J connectivity index is 1.04. The van der Waals surface area contributed by atoms with Crippen LogP contribution >= 0.6 is 11.3 Å². The maximum atomic E-state index is 13.7. The molecule has 2 aromatic heterocycles. The number of halogens is 3. The van der Waals surface area contributed by atoms with E-state index in [1.54, 1.807) is 12.4 Å². The second-order valence-electron chi connectivity index (χ2n) is 11.2. The minimum Gasteiger partial charge on any atom is -0.390 e. The minimum atomic E-state index is -4.28. The zero-order chi connectivity index (χ0) is 27.9. The molecular weight excluding hydrogens is 543 g/mol. The number of benzene rings is 1. The van der Waals surface area contributed by atoms with Crippen molar-refractivity contribution in [2.45, 2.75) is 94.4 Å². The molecule has 3 aliphatic carbocycles. The van der Waals surface area contributed by atoms with Crippen LogP contribution in [-0.2, 0) is 16.1 Å². The lowest BCUT2D eigenvalue weighted by Crippen LogP contribution is -2.61. The van der Waals surface area contributed by atoms with Crippen molar-refractivity contribution in [3.8, 4) is 11.1 Å². The third-order valence-corrected chi connectivity index (χ3v) is 9.42. The van der Waals surface area contributed by atoms with Gasteiger partial charge in [-0.3, -0.25) is 4.79 Å². The van der Waals surface area contributed by atoms with E-state index >= 15 is 0 Å². The Labute approximate surface area is 233 Å². The van der Waals surface area contributed by atoms with Crippen molar-refractivity contribution in [2.24, 2.45) is 5.92 Å². The van der Waals surface area contributed by atoms with Gasteiger partial charge in [-0.05, 0) is 62.6 Å². The van der Waals surface area contributed by atoms with Gasteiger partial charge in [0.1, 0.15) is 12.1 Å². The molecule has 0 radical (unpaired) electrons. The molecule has 12 heteroatoms. The number of nitrogens with zero attached hydrogens (tertiary/aromatic N) is 3. The summed E-state index contributed by atoms with van der Waals surface area (Å²) >= 11 is 1.35. The van der Waals surface area contributed by atoms with Crippen molar-refractivity contribution >= 4 is 32.6 Å². The molecule has 2 heterocycles. The van der Waals surface area contributed by atoms with Gasteiger partial charge in [0.2, 0.25) is 5.91 Å². The van der Waals surface area contributed by atoms with Gasteiger partial charge in [0.05, 0.1) is 22.4 Å². The predicted octanol–water partition coefficient (Wildman–Crippen LogP) is 5.37. The maximum Gasteiger partial charge on any atom is 0.406 e. The first kappa shape index (κ1) is 27.5. The summed E-state index contributed by atoms with van der Waals surface area (Å²) in [6.07, 6.45) is 3.31. The molecular formula is C28H32F3N5O3S. The predicted molar refractivity (Wildman–Crippen MR) is 145 cm³/mol. The number of nitrogens with one attached hydrogen (secondary N) is 2. The molecule has 3 saturated carbocycles. The Bertz CT molecular complexity index is 1350. The third kappa shape index (κ3) is 5.59. The van der Waals surface area contributed by atoms with Crippen LogP contribution in [0.25, 0.3) is 21.3 Å². The molecule has 40 heavy (non-hydrogen) atoms. The van der Waals surface area contributed by atoms with Crippen LogP contribution < -0.4 is 10.6 Å². The van der Waals surface area contributed by atoms with Gasteiger partial charge in [-0.15, -0.1) is 0 Å². The lowest BCUT2D eigenvalue weighted by molar-refractivity contribution is -0.199. The summed E-state index contributed by atoms with van der Waals surface area (Å²) in [5.41, 5.74) is 0.678. The molecule has 3 N–H and O–H groups in total. The monoisotopic (exact) mass is 575 g/mol. The second-order valence-corrected chi connectivity index (χ2v) is 12.3. The van der Waals surface area contributed by atoms with Crippen molar-refractivity contribution in [3.63, 3.8) is 0 Å². The highest BCUT2D eigenvalue weighted by atomic mass is 32.1. The lowest BCUT2D eigenvalue weighted by Gasteiger charge is -2.42. The molecule has 3 aromatic rings. The van der Waals surface area contributed by atoms with Gasteiger partial charge in [-0.1, -0.05) is 30.2 Å². The first-order valence-electron chi connectivity index (χ1n) is 13.9. The fourth-order valence-corrected chi connectivity index (χ4v) is 6.96. The Morgan fingerprint density at radius 1 is 1.10 bits per heavy atom. The SMILES string of the molecule is O=C(Nc1nc2ccc(-c3cnc(CO[C@H]4CCC[C@@H]4O)nc3)cc2s1)C1CC(NC2(C(F)(F)F)CCCC2)C1. The van der Waals surface area contributed by atoms with E-state index in [0.717, 1.165) is 40.6 Å². The summed E-state index contributed by atoms with van der Waals surface area (Å²) < 4.78 is 47.6. The van der Waals surface area contributed by atoms with E-state index in [0.29, 0.717) is 36.6 Å². The van der Waals surface area contributed by atoms with Crippen LogP contribution in [0.5, 0.6) is 0 Å². The molecule has 3 fully saturated rings. The molecule has 0 aliphatic heterocycles. The van der Waals surface area contributed by atoms with Crippen LogP contribution in [0.4, 0.5) is 18.3 Å². The van der Waals surface area contributed by atoms with Crippen molar-refractivity contribution in [1.29, 1.82) is 0 Å². The number of ether oxygens (including phenoxy) is 1. The number of aliphatic hydroxyl groups is 1. The molecule has 214 valence electrons. The summed E-state index contributed by atoms with van der Waals surface area (Å²) in [6.45, 7) is 0.250. The minimum absolute atomic E-state index is 0.105. The van der Waals surface area contributed by atoms with E-state index in [1.165, 1.54) is 11.3 Å². The normalized spacial score (nSPS) is 26.2. The number of carbonyl (C=O) groups is 1. The first-order chi connectivity index (χ1) is 19.2. The zero-order valence-electron chi connectivity index (χ0n) is 21.9. The smallest absolute Gasteiger partial charge is 0.390 e. The van der Waals surface area contributed by atoms with Crippen molar-refractivity contribution in [1.82, 2.24) is 20.3 Å². The van der Waals surface area contributed by atoms with E-state index < -0.39 is 17.8 Å². The van der Waals surface area contributed by atoms with Crippen molar-refractivity contribution in [3.05, 3.63) is 36.4 Å². The van der Waals surface area contributed by atoms with Crippen LogP contribution in [0.3, 0.4) is 0 Å².